The number of methoxy groups -OCH3 is 1. The Balaban J connectivity index is 1.92. The Labute approximate surface area is 161 Å². The van der Waals surface area contributed by atoms with Crippen LogP contribution in [-0.4, -0.2) is 27.2 Å². The zero-order valence-corrected chi connectivity index (χ0v) is 16.1. The van der Waals surface area contributed by atoms with Crippen molar-refractivity contribution in [1.82, 2.24) is 0 Å². The second kappa shape index (κ2) is 7.85. The van der Waals surface area contributed by atoms with Crippen molar-refractivity contribution in [3.05, 3.63) is 70.1 Å². The second-order valence-electron chi connectivity index (χ2n) is 5.93. The molecule has 0 spiro atoms. The SMILES string of the molecule is CCS(=O)(=O)c1ccccc1C(=O)OCc1cc(=O)oc2cc(OC)ccc12. The maximum atomic E-state index is 12.5. The summed E-state index contributed by atoms with van der Waals surface area (Å²) in [5.41, 5.74) is 0.101. The van der Waals surface area contributed by atoms with E-state index in [1.54, 1.807) is 30.3 Å². The Morgan fingerprint density at radius 2 is 1.86 bits per heavy atom. The first-order valence-corrected chi connectivity index (χ1v) is 10.1. The molecular weight excluding hydrogens is 384 g/mol. The number of fused-ring (bicyclic) bond motifs is 1. The van der Waals surface area contributed by atoms with Crippen molar-refractivity contribution < 1.29 is 27.1 Å². The molecule has 2 aromatic carbocycles. The van der Waals surface area contributed by atoms with Crippen LogP contribution in [0, 0.1) is 0 Å². The molecule has 146 valence electrons. The summed E-state index contributed by atoms with van der Waals surface area (Å²) in [6.07, 6.45) is 0. The van der Waals surface area contributed by atoms with E-state index in [-0.39, 0.29) is 22.8 Å². The molecule has 28 heavy (non-hydrogen) atoms. The highest BCUT2D eigenvalue weighted by atomic mass is 32.2. The van der Waals surface area contributed by atoms with Gasteiger partial charge in [0.15, 0.2) is 9.84 Å². The minimum Gasteiger partial charge on any atom is -0.497 e. The van der Waals surface area contributed by atoms with Crippen molar-refractivity contribution in [1.29, 1.82) is 0 Å². The number of ether oxygens (including phenoxy) is 2. The summed E-state index contributed by atoms with van der Waals surface area (Å²) < 4.78 is 40.0. The largest absolute Gasteiger partial charge is 0.497 e. The van der Waals surface area contributed by atoms with Crippen LogP contribution in [0.25, 0.3) is 11.0 Å². The lowest BCUT2D eigenvalue weighted by molar-refractivity contribution is 0.0469. The number of carbonyl (C=O) groups is 1. The van der Waals surface area contributed by atoms with Crippen LogP contribution in [0.4, 0.5) is 0 Å². The third kappa shape index (κ3) is 3.91. The number of benzene rings is 2. The normalized spacial score (nSPS) is 11.4. The van der Waals surface area contributed by atoms with Crippen LogP contribution >= 0.6 is 0 Å². The van der Waals surface area contributed by atoms with E-state index in [9.17, 15) is 18.0 Å². The Bertz CT molecular complexity index is 1190. The summed E-state index contributed by atoms with van der Waals surface area (Å²) in [7, 11) is -2.09. The predicted octanol–water partition coefficient (Wildman–Crippen LogP) is 2.95. The van der Waals surface area contributed by atoms with Crippen LogP contribution in [0.3, 0.4) is 0 Å². The zero-order chi connectivity index (χ0) is 20.3. The molecule has 0 fully saturated rings. The third-order valence-corrected chi connectivity index (χ3v) is 6.00. The van der Waals surface area contributed by atoms with Gasteiger partial charge >= 0.3 is 11.6 Å². The first-order valence-electron chi connectivity index (χ1n) is 8.45. The van der Waals surface area contributed by atoms with Crippen molar-refractivity contribution in [3.63, 3.8) is 0 Å². The van der Waals surface area contributed by atoms with Gasteiger partial charge in [-0.05, 0) is 24.3 Å². The number of sulfone groups is 1. The Hall–Kier alpha value is -3.13. The van der Waals surface area contributed by atoms with Gasteiger partial charge in [-0.1, -0.05) is 19.1 Å². The maximum Gasteiger partial charge on any atom is 0.339 e. The maximum absolute atomic E-state index is 12.5. The van der Waals surface area contributed by atoms with Gasteiger partial charge in [0, 0.05) is 23.1 Å². The lowest BCUT2D eigenvalue weighted by Gasteiger charge is -2.11. The van der Waals surface area contributed by atoms with Gasteiger partial charge in [-0.3, -0.25) is 0 Å². The second-order valence-corrected chi connectivity index (χ2v) is 8.18. The van der Waals surface area contributed by atoms with Gasteiger partial charge in [0.2, 0.25) is 0 Å². The van der Waals surface area contributed by atoms with Gasteiger partial charge in [0.25, 0.3) is 0 Å². The third-order valence-electron chi connectivity index (χ3n) is 4.22. The van der Waals surface area contributed by atoms with Gasteiger partial charge < -0.3 is 13.9 Å². The summed E-state index contributed by atoms with van der Waals surface area (Å²) in [6.45, 7) is 1.29. The molecule has 7 nitrogen and oxygen atoms in total. The lowest BCUT2D eigenvalue weighted by atomic mass is 10.1. The van der Waals surface area contributed by atoms with Crippen LogP contribution in [0.1, 0.15) is 22.8 Å². The number of esters is 1. The van der Waals surface area contributed by atoms with Gasteiger partial charge in [0.1, 0.15) is 17.9 Å². The number of rotatable bonds is 6. The molecule has 8 heteroatoms. The average molecular weight is 402 g/mol. The number of hydrogen-bond acceptors (Lipinski definition) is 7. The molecule has 0 bridgehead atoms. The number of carbonyl (C=O) groups excluding carboxylic acids is 1. The standard InChI is InChI=1S/C20H18O7S/c1-3-28(23,24)18-7-5-4-6-16(18)20(22)26-12-13-10-19(21)27-17-11-14(25-2)8-9-15(13)17/h4-11H,3,12H2,1-2H3. The van der Waals surface area contributed by atoms with E-state index in [0.717, 1.165) is 0 Å². The molecule has 0 atom stereocenters. The Morgan fingerprint density at radius 1 is 1.11 bits per heavy atom. The quantitative estimate of drug-likeness (QED) is 0.462. The van der Waals surface area contributed by atoms with Gasteiger partial charge in [0.05, 0.1) is 23.3 Å². The van der Waals surface area contributed by atoms with E-state index in [0.29, 0.717) is 22.3 Å². The van der Waals surface area contributed by atoms with Crippen LogP contribution in [0.5, 0.6) is 5.75 Å². The molecule has 0 radical (unpaired) electrons. The summed E-state index contributed by atoms with van der Waals surface area (Å²) in [6, 6.07) is 12.0. The number of hydrogen-bond donors (Lipinski definition) is 0. The predicted molar refractivity (Wildman–Crippen MR) is 102 cm³/mol. The van der Waals surface area contributed by atoms with Crippen LogP contribution in [0.2, 0.25) is 0 Å². The molecule has 0 aliphatic heterocycles. The monoisotopic (exact) mass is 402 g/mol. The van der Waals surface area contributed by atoms with Crippen molar-refractivity contribution in [2.24, 2.45) is 0 Å². The average Bonchev–Trinajstić information content (AvgIpc) is 2.71. The lowest BCUT2D eigenvalue weighted by Crippen LogP contribution is -2.14. The highest BCUT2D eigenvalue weighted by molar-refractivity contribution is 7.91. The van der Waals surface area contributed by atoms with Crippen molar-refractivity contribution in [3.8, 4) is 5.75 Å². The molecule has 3 aromatic rings. The first kappa shape index (κ1) is 19.6. The van der Waals surface area contributed by atoms with Crippen molar-refractivity contribution >= 4 is 26.8 Å². The van der Waals surface area contributed by atoms with E-state index in [4.69, 9.17) is 13.9 Å². The molecule has 0 aliphatic rings. The Morgan fingerprint density at radius 3 is 2.57 bits per heavy atom. The molecule has 0 saturated carbocycles. The zero-order valence-electron chi connectivity index (χ0n) is 15.3. The van der Waals surface area contributed by atoms with Gasteiger partial charge in [-0.2, -0.15) is 0 Å². The smallest absolute Gasteiger partial charge is 0.339 e. The van der Waals surface area contributed by atoms with Crippen LogP contribution in [0.15, 0.2) is 62.6 Å². The Kier molecular flexibility index (Phi) is 5.51. The molecule has 0 saturated heterocycles. The van der Waals surface area contributed by atoms with Gasteiger partial charge in [-0.15, -0.1) is 0 Å². The van der Waals surface area contributed by atoms with E-state index in [2.05, 4.69) is 0 Å². The fourth-order valence-corrected chi connectivity index (χ4v) is 3.82. The fraction of sp³-hybridized carbons (Fsp3) is 0.200. The molecule has 3 rings (SSSR count). The highest BCUT2D eigenvalue weighted by Crippen LogP contribution is 2.24. The summed E-state index contributed by atoms with van der Waals surface area (Å²) in [5.74, 6) is -0.408. The van der Waals surface area contributed by atoms with E-state index in [1.807, 2.05) is 0 Å². The molecule has 0 unspecified atom stereocenters. The molecule has 0 amide bonds. The minimum atomic E-state index is -3.59. The van der Waals surface area contributed by atoms with E-state index < -0.39 is 21.4 Å². The molecule has 0 aliphatic carbocycles. The minimum absolute atomic E-state index is 0.0432. The molecule has 1 heterocycles. The molecule has 1 aromatic heterocycles. The topological polar surface area (TPSA) is 99.9 Å². The van der Waals surface area contributed by atoms with Crippen molar-refractivity contribution in [2.75, 3.05) is 12.9 Å². The van der Waals surface area contributed by atoms with E-state index in [1.165, 1.54) is 32.2 Å². The highest BCUT2D eigenvalue weighted by Gasteiger charge is 2.22. The first-order chi connectivity index (χ1) is 13.4. The molecular formula is C20H18O7S. The summed E-state index contributed by atoms with van der Waals surface area (Å²) in [5, 5.41) is 0.586. The van der Waals surface area contributed by atoms with E-state index >= 15 is 0 Å². The summed E-state index contributed by atoms with van der Waals surface area (Å²) >= 11 is 0. The fourth-order valence-electron chi connectivity index (χ4n) is 2.74. The van der Waals surface area contributed by atoms with Crippen molar-refractivity contribution in [2.45, 2.75) is 18.4 Å². The van der Waals surface area contributed by atoms with Crippen LogP contribution < -0.4 is 10.4 Å². The molecule has 0 N–H and O–H groups in total. The van der Waals surface area contributed by atoms with Gasteiger partial charge in [-0.25, -0.2) is 18.0 Å². The summed E-state index contributed by atoms with van der Waals surface area (Å²) in [4.78, 5) is 24.3. The van der Waals surface area contributed by atoms with Crippen LogP contribution in [-0.2, 0) is 21.2 Å².